The van der Waals surface area contributed by atoms with Gasteiger partial charge in [-0.3, -0.25) is 0 Å². The fourth-order valence-corrected chi connectivity index (χ4v) is 0.903. The van der Waals surface area contributed by atoms with Crippen LogP contribution < -0.4 is 0 Å². The van der Waals surface area contributed by atoms with Gasteiger partial charge in [-0.25, -0.2) is 0 Å². The van der Waals surface area contributed by atoms with Gasteiger partial charge in [0.05, 0.1) is 0 Å². The molecule has 0 radical (unpaired) electrons. The number of hydrogen-bond acceptors (Lipinski definition) is 1. The Morgan fingerprint density at radius 1 is 0.846 bits per heavy atom. The van der Waals surface area contributed by atoms with Crippen LogP contribution in [0.5, 0.6) is 0 Å². The first kappa shape index (κ1) is 11.9. The molecule has 0 rings (SSSR count). The quantitative estimate of drug-likeness (QED) is 0.316. The highest BCUT2D eigenvalue weighted by Gasteiger charge is 1.78. The zero-order chi connectivity index (χ0) is 9.78. The second-order valence-corrected chi connectivity index (χ2v) is 2.79. The van der Waals surface area contributed by atoms with E-state index in [1.807, 2.05) is 6.08 Å². The van der Waals surface area contributed by atoms with Gasteiger partial charge < -0.3 is 4.79 Å². The third-order valence-electron chi connectivity index (χ3n) is 1.59. The average Bonchev–Trinajstić information content (AvgIpc) is 2.16. The summed E-state index contributed by atoms with van der Waals surface area (Å²) in [7, 11) is 0. The molecule has 0 bridgehead atoms. The zero-order valence-corrected chi connectivity index (χ0v) is 8.11. The van der Waals surface area contributed by atoms with Crippen molar-refractivity contribution >= 4 is 6.29 Å². The highest BCUT2D eigenvalue weighted by molar-refractivity contribution is 5.49. The van der Waals surface area contributed by atoms with Crippen molar-refractivity contribution in [3.63, 3.8) is 0 Å². The molecule has 0 aliphatic carbocycles. The van der Waals surface area contributed by atoms with Crippen LogP contribution >= 0.6 is 0 Å². The number of rotatable bonds is 8. The number of aldehydes is 1. The first-order valence-corrected chi connectivity index (χ1v) is 4.76. The summed E-state index contributed by atoms with van der Waals surface area (Å²) in [6.07, 6.45) is 15.9. The van der Waals surface area contributed by atoms with E-state index >= 15 is 0 Å². The number of carbonyl (C=O) groups is 1. The van der Waals surface area contributed by atoms with Gasteiger partial charge in [-0.15, -0.1) is 6.58 Å². The lowest BCUT2D eigenvalue weighted by molar-refractivity contribution is -0.107. The van der Waals surface area contributed by atoms with Gasteiger partial charge >= 0.3 is 0 Å². The van der Waals surface area contributed by atoms with Crippen molar-refractivity contribution in [1.29, 1.82) is 0 Å². The summed E-state index contributed by atoms with van der Waals surface area (Å²) in [4.78, 5) is 9.96. The standard InChI is InChI=1S/C12H18O/c1-2-3-4-5-6-7-8-9-10-11-12-13/h2,4-5,8-9,12H,1,3,6-7,10-11H2/b5-4-,9-8+. The Kier molecular flexibility index (Phi) is 9.96. The van der Waals surface area contributed by atoms with Crippen molar-refractivity contribution in [1.82, 2.24) is 0 Å². The van der Waals surface area contributed by atoms with Gasteiger partial charge in [-0.05, 0) is 25.7 Å². The molecule has 0 aliphatic heterocycles. The molecule has 1 heteroatoms. The van der Waals surface area contributed by atoms with Crippen LogP contribution in [-0.4, -0.2) is 6.29 Å². The van der Waals surface area contributed by atoms with Gasteiger partial charge in [0.2, 0.25) is 0 Å². The maximum Gasteiger partial charge on any atom is 0.120 e. The fraction of sp³-hybridized carbons (Fsp3) is 0.417. The van der Waals surface area contributed by atoms with Crippen LogP contribution in [0.25, 0.3) is 0 Å². The van der Waals surface area contributed by atoms with Crippen molar-refractivity contribution in [2.45, 2.75) is 32.1 Å². The molecule has 0 N–H and O–H groups in total. The normalized spacial score (nSPS) is 11.1. The van der Waals surface area contributed by atoms with Crippen molar-refractivity contribution in [2.75, 3.05) is 0 Å². The third-order valence-corrected chi connectivity index (χ3v) is 1.59. The number of carbonyl (C=O) groups excluding carboxylic acids is 1. The summed E-state index contributed by atoms with van der Waals surface area (Å²) in [5.74, 6) is 0. The van der Waals surface area contributed by atoms with E-state index in [9.17, 15) is 4.79 Å². The molecule has 1 nitrogen and oxygen atoms in total. The van der Waals surface area contributed by atoms with E-state index in [0.717, 1.165) is 32.0 Å². The SMILES string of the molecule is C=CC/C=C\CC/C=C/CCC=O. The van der Waals surface area contributed by atoms with Gasteiger partial charge in [0.1, 0.15) is 6.29 Å². The maximum atomic E-state index is 9.96. The Labute approximate surface area is 80.8 Å². The van der Waals surface area contributed by atoms with E-state index in [2.05, 4.69) is 30.9 Å². The minimum atomic E-state index is 0.642. The van der Waals surface area contributed by atoms with Crippen LogP contribution in [0.3, 0.4) is 0 Å². The third kappa shape index (κ3) is 10.9. The lowest BCUT2D eigenvalue weighted by Crippen LogP contribution is -1.71. The van der Waals surface area contributed by atoms with Crippen LogP contribution in [0.2, 0.25) is 0 Å². The van der Waals surface area contributed by atoms with Crippen LogP contribution in [0.4, 0.5) is 0 Å². The molecular formula is C12H18O. The molecule has 72 valence electrons. The maximum absolute atomic E-state index is 9.96. The van der Waals surface area contributed by atoms with Crippen LogP contribution in [0, 0.1) is 0 Å². The van der Waals surface area contributed by atoms with Gasteiger partial charge in [0.25, 0.3) is 0 Å². The predicted molar refractivity (Wildman–Crippen MR) is 57.6 cm³/mol. The lowest BCUT2D eigenvalue weighted by Gasteiger charge is -1.86. The Morgan fingerprint density at radius 2 is 1.38 bits per heavy atom. The van der Waals surface area contributed by atoms with E-state index in [1.165, 1.54) is 0 Å². The Bertz CT molecular complexity index is 178. The summed E-state index contributed by atoms with van der Waals surface area (Å²) in [5.41, 5.74) is 0. The molecule has 0 amide bonds. The molecule has 0 aromatic heterocycles. The smallest absolute Gasteiger partial charge is 0.120 e. The van der Waals surface area contributed by atoms with Crippen LogP contribution in [-0.2, 0) is 4.79 Å². The minimum absolute atomic E-state index is 0.642. The van der Waals surface area contributed by atoms with Crippen molar-refractivity contribution < 1.29 is 4.79 Å². The van der Waals surface area contributed by atoms with E-state index < -0.39 is 0 Å². The largest absolute Gasteiger partial charge is 0.303 e. The Hall–Kier alpha value is -1.11. The van der Waals surface area contributed by atoms with Crippen molar-refractivity contribution in [3.05, 3.63) is 37.0 Å². The van der Waals surface area contributed by atoms with Crippen LogP contribution in [0.15, 0.2) is 37.0 Å². The summed E-state index contributed by atoms with van der Waals surface area (Å²) in [5, 5.41) is 0. The van der Waals surface area contributed by atoms with E-state index in [4.69, 9.17) is 0 Å². The first-order chi connectivity index (χ1) is 6.41. The van der Waals surface area contributed by atoms with E-state index in [-0.39, 0.29) is 0 Å². The minimum Gasteiger partial charge on any atom is -0.303 e. The summed E-state index contributed by atoms with van der Waals surface area (Å²) >= 11 is 0. The average molecular weight is 178 g/mol. The molecule has 0 fully saturated rings. The summed E-state index contributed by atoms with van der Waals surface area (Å²) in [6, 6.07) is 0. The fourth-order valence-electron chi connectivity index (χ4n) is 0.903. The van der Waals surface area contributed by atoms with Gasteiger partial charge in [0, 0.05) is 6.42 Å². The number of hydrogen-bond donors (Lipinski definition) is 0. The molecule has 13 heavy (non-hydrogen) atoms. The number of allylic oxidation sites excluding steroid dienone is 5. The topological polar surface area (TPSA) is 17.1 Å². The Morgan fingerprint density at radius 3 is 1.92 bits per heavy atom. The van der Waals surface area contributed by atoms with Gasteiger partial charge in [-0.1, -0.05) is 30.4 Å². The van der Waals surface area contributed by atoms with Gasteiger partial charge in [-0.2, -0.15) is 0 Å². The van der Waals surface area contributed by atoms with Crippen molar-refractivity contribution in [2.24, 2.45) is 0 Å². The molecular weight excluding hydrogens is 160 g/mol. The molecule has 0 heterocycles. The molecule has 0 aromatic carbocycles. The lowest BCUT2D eigenvalue weighted by atomic mass is 10.2. The monoisotopic (exact) mass is 178 g/mol. The van der Waals surface area contributed by atoms with Crippen molar-refractivity contribution in [3.8, 4) is 0 Å². The van der Waals surface area contributed by atoms with E-state index in [1.54, 1.807) is 0 Å². The second kappa shape index (κ2) is 10.9. The second-order valence-electron chi connectivity index (χ2n) is 2.79. The number of unbranched alkanes of at least 4 members (excludes halogenated alkanes) is 2. The first-order valence-electron chi connectivity index (χ1n) is 4.76. The molecule has 0 spiro atoms. The zero-order valence-electron chi connectivity index (χ0n) is 8.11. The van der Waals surface area contributed by atoms with Crippen LogP contribution in [0.1, 0.15) is 32.1 Å². The summed E-state index contributed by atoms with van der Waals surface area (Å²) < 4.78 is 0. The molecule has 0 saturated heterocycles. The highest BCUT2D eigenvalue weighted by atomic mass is 16.1. The Balaban J connectivity index is 3.18. The van der Waals surface area contributed by atoms with Gasteiger partial charge in [0.15, 0.2) is 0 Å². The molecule has 0 aliphatic rings. The molecule has 0 unspecified atom stereocenters. The molecule has 0 saturated carbocycles. The molecule has 0 atom stereocenters. The van der Waals surface area contributed by atoms with E-state index in [0.29, 0.717) is 6.42 Å². The predicted octanol–water partition coefficient (Wildman–Crippen LogP) is 3.43. The molecule has 0 aromatic rings. The summed E-state index contributed by atoms with van der Waals surface area (Å²) in [6.45, 7) is 3.63. The highest BCUT2D eigenvalue weighted by Crippen LogP contribution is 1.96.